The zero-order valence-electron chi connectivity index (χ0n) is 21.8. The number of hydrogen-bond donors (Lipinski definition) is 3. The van der Waals surface area contributed by atoms with E-state index in [1.165, 1.54) is 29.1 Å². The highest BCUT2D eigenvalue weighted by molar-refractivity contribution is 7.90. The summed E-state index contributed by atoms with van der Waals surface area (Å²) < 4.78 is 35.1. The molecule has 13 heteroatoms. The van der Waals surface area contributed by atoms with Crippen molar-refractivity contribution in [1.29, 1.82) is 0 Å². The maximum Gasteiger partial charge on any atom is 0.268 e. The Balaban J connectivity index is 0.00000420. The lowest BCUT2D eigenvalue weighted by atomic mass is 9.97. The zero-order chi connectivity index (χ0) is 27.7. The number of nitrogens with two attached hydrogens (primary N) is 1. The van der Waals surface area contributed by atoms with Gasteiger partial charge >= 0.3 is 0 Å². The van der Waals surface area contributed by atoms with Crippen molar-refractivity contribution in [3.63, 3.8) is 0 Å². The number of aliphatic hydroxyl groups is 1. The lowest BCUT2D eigenvalue weighted by Crippen LogP contribution is -2.41. The Labute approximate surface area is 223 Å². The van der Waals surface area contributed by atoms with Crippen molar-refractivity contribution >= 4 is 27.6 Å². The van der Waals surface area contributed by atoms with Gasteiger partial charge in [-0.05, 0) is 50.5 Å². The molecule has 0 spiro atoms. The number of hydrogen-bond acceptors (Lipinski definition) is 10. The molecule has 1 unspecified atom stereocenters. The number of nitrogens with zero attached hydrogens (tertiary/aromatic N) is 5. The van der Waals surface area contributed by atoms with Crippen LogP contribution < -0.4 is 20.1 Å². The van der Waals surface area contributed by atoms with E-state index < -0.39 is 15.9 Å². The summed E-state index contributed by atoms with van der Waals surface area (Å²) in [6, 6.07) is 7.51. The van der Waals surface area contributed by atoms with Gasteiger partial charge in [0.25, 0.3) is 15.9 Å². The van der Waals surface area contributed by atoms with E-state index in [0.717, 1.165) is 6.42 Å². The second kappa shape index (κ2) is 10.6. The van der Waals surface area contributed by atoms with Gasteiger partial charge in [-0.2, -0.15) is 0 Å². The second-order valence-electron chi connectivity index (χ2n) is 10.3. The zero-order valence-corrected chi connectivity index (χ0v) is 22.6. The van der Waals surface area contributed by atoms with Crippen molar-refractivity contribution in [2.75, 3.05) is 30.4 Å². The molecule has 0 aliphatic carbocycles. The minimum Gasteiger partial charge on any atom is -0.476 e. The molecule has 3 aromatic rings. The Morgan fingerprint density at radius 2 is 2.11 bits per heavy atom. The average molecular weight is 546 g/mol. The predicted octanol–water partition coefficient (Wildman–Crippen LogP) is 2.24. The fourth-order valence-electron chi connectivity index (χ4n) is 4.56. The van der Waals surface area contributed by atoms with Crippen LogP contribution in [0.4, 0.5) is 11.6 Å². The molecule has 12 nitrogen and oxygen atoms in total. The van der Waals surface area contributed by atoms with Crippen LogP contribution in [0.1, 0.15) is 45.9 Å². The maximum absolute atomic E-state index is 13.4. The molecule has 206 valence electrons. The first-order chi connectivity index (χ1) is 17.9. The van der Waals surface area contributed by atoms with Gasteiger partial charge in [0.2, 0.25) is 5.88 Å². The van der Waals surface area contributed by atoms with Gasteiger partial charge in [-0.1, -0.05) is 13.8 Å². The highest BCUT2D eigenvalue weighted by Gasteiger charge is 2.39. The summed E-state index contributed by atoms with van der Waals surface area (Å²) in [7, 11) is -4.28. The molecule has 38 heavy (non-hydrogen) atoms. The van der Waals surface area contributed by atoms with E-state index in [9.17, 15) is 18.3 Å². The minimum absolute atomic E-state index is 0. The molecule has 3 aromatic heterocycles. The number of sulfonamides is 1. The summed E-state index contributed by atoms with van der Waals surface area (Å²) in [6.45, 7) is 9.03. The number of aliphatic hydroxyl groups excluding tert-OH is 1. The Kier molecular flexibility index (Phi) is 7.61. The van der Waals surface area contributed by atoms with Crippen molar-refractivity contribution in [1.82, 2.24) is 24.5 Å². The van der Waals surface area contributed by atoms with E-state index in [2.05, 4.69) is 35.6 Å². The van der Waals surface area contributed by atoms with Crippen LogP contribution in [0.15, 0.2) is 47.6 Å². The highest BCUT2D eigenvalue weighted by atomic mass is 32.2. The number of nitrogen functional groups attached to an aromatic ring is 1. The van der Waals surface area contributed by atoms with Crippen molar-refractivity contribution < 1.29 is 24.5 Å². The van der Waals surface area contributed by atoms with E-state index in [4.69, 9.17) is 15.5 Å². The molecule has 1 aliphatic rings. The van der Waals surface area contributed by atoms with E-state index >= 15 is 0 Å². The van der Waals surface area contributed by atoms with E-state index in [0.29, 0.717) is 36.6 Å². The fraction of sp³-hybridized carbons (Fsp3) is 0.440. The van der Waals surface area contributed by atoms with Crippen molar-refractivity contribution in [3.8, 4) is 11.7 Å². The van der Waals surface area contributed by atoms with Crippen LogP contribution >= 0.6 is 0 Å². The Morgan fingerprint density at radius 1 is 1.34 bits per heavy atom. The Morgan fingerprint density at radius 3 is 2.76 bits per heavy atom. The van der Waals surface area contributed by atoms with Crippen molar-refractivity contribution in [2.45, 2.75) is 44.6 Å². The van der Waals surface area contributed by atoms with Gasteiger partial charge in [0.05, 0.1) is 12.2 Å². The summed E-state index contributed by atoms with van der Waals surface area (Å²) in [4.78, 5) is 23.7. The number of anilines is 2. The number of carbonyl (C=O) groups is 1. The van der Waals surface area contributed by atoms with Gasteiger partial charge in [-0.3, -0.25) is 4.79 Å². The van der Waals surface area contributed by atoms with Gasteiger partial charge < -0.3 is 20.5 Å². The van der Waals surface area contributed by atoms with Crippen LogP contribution in [0.5, 0.6) is 5.88 Å². The van der Waals surface area contributed by atoms with Crippen molar-refractivity contribution in [2.24, 2.45) is 11.8 Å². The molecule has 1 saturated heterocycles. The molecule has 1 amide bonds. The summed E-state index contributed by atoms with van der Waals surface area (Å²) in [6.07, 6.45) is 3.91. The third-order valence-electron chi connectivity index (χ3n) is 6.38. The predicted molar refractivity (Wildman–Crippen MR) is 144 cm³/mol. The number of ether oxygens (including phenoxy) is 1. The lowest BCUT2D eigenvalue weighted by molar-refractivity contribution is 0.0981. The first-order valence-electron chi connectivity index (χ1n) is 12.3. The quantitative estimate of drug-likeness (QED) is 0.363. The third-order valence-corrected chi connectivity index (χ3v) is 7.76. The molecule has 0 bridgehead atoms. The summed E-state index contributed by atoms with van der Waals surface area (Å²) >= 11 is 0. The van der Waals surface area contributed by atoms with E-state index in [-0.39, 0.29) is 35.8 Å². The normalized spacial score (nSPS) is 17.8. The summed E-state index contributed by atoms with van der Waals surface area (Å²) in [5.41, 5.74) is 5.51. The minimum atomic E-state index is -4.28. The van der Waals surface area contributed by atoms with Crippen LogP contribution in [0, 0.1) is 11.8 Å². The molecule has 0 saturated carbocycles. The smallest absolute Gasteiger partial charge is 0.268 e. The topological polar surface area (TPSA) is 166 Å². The number of carbonyl (C=O) groups excluding carboxylic acids is 1. The van der Waals surface area contributed by atoms with Gasteiger partial charge in [0.15, 0.2) is 5.82 Å². The summed E-state index contributed by atoms with van der Waals surface area (Å²) in [5, 5.41) is 13.6. The first kappa shape index (κ1) is 27.3. The van der Waals surface area contributed by atoms with Crippen LogP contribution in [0.25, 0.3) is 5.82 Å². The fourth-order valence-corrected chi connectivity index (χ4v) is 5.61. The van der Waals surface area contributed by atoms with Crippen LogP contribution in [0.2, 0.25) is 0 Å². The molecular weight excluding hydrogens is 510 g/mol. The molecule has 1 aliphatic heterocycles. The number of amides is 1. The molecule has 1 fully saturated rings. The number of nitrogens with one attached hydrogen (secondary N) is 1. The van der Waals surface area contributed by atoms with Gasteiger partial charge in [0.1, 0.15) is 16.5 Å². The number of aromatic nitrogens is 4. The third kappa shape index (κ3) is 5.73. The molecular formula is C25H35N7O5S. The van der Waals surface area contributed by atoms with Crippen molar-refractivity contribution in [3.05, 3.63) is 48.3 Å². The summed E-state index contributed by atoms with van der Waals surface area (Å²) in [5.74, 6) is 0.391. The second-order valence-corrected chi connectivity index (χ2v) is 11.9. The maximum atomic E-state index is 13.4. The molecule has 4 N–H and O–H groups in total. The molecule has 0 aromatic carbocycles. The average Bonchev–Trinajstić information content (AvgIpc) is 3.44. The lowest BCUT2D eigenvalue weighted by Gasteiger charge is -2.34. The highest BCUT2D eigenvalue weighted by Crippen LogP contribution is 2.37. The Bertz CT molecular complexity index is 1430. The van der Waals surface area contributed by atoms with E-state index in [1.807, 2.05) is 11.8 Å². The van der Waals surface area contributed by atoms with E-state index in [1.54, 1.807) is 18.3 Å². The molecule has 4 rings (SSSR count). The van der Waals surface area contributed by atoms with Gasteiger partial charge in [0, 0.05) is 44.5 Å². The first-order valence-corrected chi connectivity index (χ1v) is 13.8. The monoisotopic (exact) mass is 545 g/mol. The van der Waals surface area contributed by atoms with Crippen LogP contribution in [0.3, 0.4) is 0 Å². The Hall–Kier alpha value is -3.71. The van der Waals surface area contributed by atoms with Crippen LogP contribution in [-0.2, 0) is 10.0 Å². The molecule has 2 atom stereocenters. The number of rotatable bonds is 9. The number of pyridine rings is 2. The van der Waals surface area contributed by atoms with Gasteiger partial charge in [-0.15, -0.1) is 5.10 Å². The standard InChI is InChI=1S/C25H33N7O5S.H2/c1-16-12-25(3,4)31(13-16)23-18(24(34)30-38(35,36)19-6-5-10-27-22(19)26)7-8-20(28-23)32-11-9-21(29-32)37-15-17(2)14-33;/h5-11,16-17,33H,12-15H2,1-4H3,(H2,26,27)(H,30,34);1H/t16-,17?;/m0./s1. The molecule has 0 radical (unpaired) electrons. The van der Waals surface area contributed by atoms with Gasteiger partial charge in [-0.25, -0.2) is 27.8 Å². The molecule has 4 heterocycles. The largest absolute Gasteiger partial charge is 0.476 e. The SMILES string of the molecule is CC(CO)COc1ccn(-c2ccc(C(=O)NS(=O)(=O)c3cccnc3N)c(N3C[C@@H](C)CC3(C)C)n2)n1.[HH]. The van der Waals surface area contributed by atoms with Crippen LogP contribution in [-0.4, -0.2) is 64.5 Å².